The Kier molecular flexibility index (Phi) is 3.61. The molecule has 0 aliphatic carbocycles. The molecule has 0 amide bonds. The summed E-state index contributed by atoms with van der Waals surface area (Å²) in [6.07, 6.45) is 9.71. The Bertz CT molecular complexity index is 660. The summed E-state index contributed by atoms with van der Waals surface area (Å²) >= 11 is 0. The lowest BCUT2D eigenvalue weighted by Crippen LogP contribution is -2.08. The normalized spacial score (nSPS) is 13.8. The molecule has 0 saturated heterocycles. The molecule has 3 heteroatoms. The number of aliphatic hydroxyl groups is 1. The molecule has 1 aromatic heterocycles. The number of benzene rings is 1. The molecule has 2 heterocycles. The molecule has 100 valence electrons. The lowest BCUT2D eigenvalue weighted by Gasteiger charge is -2.12. The van der Waals surface area contributed by atoms with E-state index in [1.165, 1.54) is 5.57 Å². The third-order valence-electron chi connectivity index (χ3n) is 3.34. The van der Waals surface area contributed by atoms with Gasteiger partial charge >= 0.3 is 0 Å². The van der Waals surface area contributed by atoms with Gasteiger partial charge in [0.2, 0.25) is 0 Å². The van der Waals surface area contributed by atoms with Crippen LogP contribution >= 0.6 is 0 Å². The molecular formula is C17H16N2O. The average molecular weight is 264 g/mol. The predicted octanol–water partition coefficient (Wildman–Crippen LogP) is 2.74. The van der Waals surface area contributed by atoms with Crippen molar-refractivity contribution in [3.05, 3.63) is 72.2 Å². The van der Waals surface area contributed by atoms with E-state index in [-0.39, 0.29) is 6.61 Å². The Morgan fingerprint density at radius 2 is 1.85 bits per heavy atom. The van der Waals surface area contributed by atoms with E-state index in [2.05, 4.69) is 28.5 Å². The van der Waals surface area contributed by atoms with E-state index in [4.69, 9.17) is 0 Å². The van der Waals surface area contributed by atoms with Crippen molar-refractivity contribution < 1.29 is 5.11 Å². The van der Waals surface area contributed by atoms with Gasteiger partial charge < -0.3 is 10.4 Å². The lowest BCUT2D eigenvalue weighted by atomic mass is 9.96. The van der Waals surface area contributed by atoms with Crippen molar-refractivity contribution in [2.45, 2.75) is 6.61 Å². The Hall–Kier alpha value is -2.39. The lowest BCUT2D eigenvalue weighted by molar-refractivity contribution is 0.282. The van der Waals surface area contributed by atoms with E-state index < -0.39 is 0 Å². The zero-order valence-electron chi connectivity index (χ0n) is 11.1. The van der Waals surface area contributed by atoms with Crippen LogP contribution in [0.2, 0.25) is 0 Å². The minimum Gasteiger partial charge on any atom is -0.392 e. The third-order valence-corrected chi connectivity index (χ3v) is 3.34. The maximum Gasteiger partial charge on any atom is 0.0682 e. The number of aromatic nitrogens is 1. The number of pyridine rings is 1. The summed E-state index contributed by atoms with van der Waals surface area (Å²) in [7, 11) is 0. The highest BCUT2D eigenvalue weighted by molar-refractivity contribution is 5.79. The van der Waals surface area contributed by atoms with Crippen molar-refractivity contribution >= 4 is 5.57 Å². The molecule has 1 aromatic carbocycles. The van der Waals surface area contributed by atoms with E-state index in [9.17, 15) is 5.11 Å². The Morgan fingerprint density at radius 3 is 2.55 bits per heavy atom. The fourth-order valence-corrected chi connectivity index (χ4v) is 2.33. The van der Waals surface area contributed by atoms with Gasteiger partial charge in [0.1, 0.15) is 0 Å². The van der Waals surface area contributed by atoms with Gasteiger partial charge in [-0.05, 0) is 70.4 Å². The standard InChI is InChI=1S/C17H16N2O/c20-12-13-9-16(14-1-5-18-6-2-14)11-17(10-13)15-3-7-19-8-4-15/h1-7,9-11,19-20H,8,12H2. The van der Waals surface area contributed by atoms with Gasteiger partial charge in [-0.15, -0.1) is 0 Å². The van der Waals surface area contributed by atoms with E-state index in [0.717, 1.165) is 28.8 Å². The topological polar surface area (TPSA) is 45.1 Å². The van der Waals surface area contributed by atoms with Crippen molar-refractivity contribution in [1.82, 2.24) is 10.3 Å². The summed E-state index contributed by atoms with van der Waals surface area (Å²) in [5, 5.41) is 12.6. The summed E-state index contributed by atoms with van der Waals surface area (Å²) in [5.74, 6) is 0. The van der Waals surface area contributed by atoms with Crippen molar-refractivity contribution in [3.8, 4) is 11.1 Å². The maximum atomic E-state index is 9.47. The van der Waals surface area contributed by atoms with E-state index >= 15 is 0 Å². The first-order valence-electron chi connectivity index (χ1n) is 6.62. The molecule has 20 heavy (non-hydrogen) atoms. The number of allylic oxidation sites excluding steroid dienone is 2. The van der Waals surface area contributed by atoms with Gasteiger partial charge in [0.15, 0.2) is 0 Å². The number of aliphatic hydroxyl groups excluding tert-OH is 1. The van der Waals surface area contributed by atoms with Crippen LogP contribution in [-0.4, -0.2) is 16.6 Å². The van der Waals surface area contributed by atoms with Gasteiger partial charge in [-0.2, -0.15) is 0 Å². The first kappa shape index (κ1) is 12.6. The molecule has 0 fully saturated rings. The molecule has 0 atom stereocenters. The number of rotatable bonds is 3. The van der Waals surface area contributed by atoms with Crippen LogP contribution in [0.3, 0.4) is 0 Å². The van der Waals surface area contributed by atoms with Crippen LogP contribution in [0, 0.1) is 0 Å². The zero-order chi connectivity index (χ0) is 13.8. The second-order valence-corrected chi connectivity index (χ2v) is 4.71. The molecule has 3 rings (SSSR count). The molecule has 0 bridgehead atoms. The number of dihydropyridines is 1. The SMILES string of the molecule is OCc1cc(C2=CCNC=C2)cc(-c2ccncc2)c1. The van der Waals surface area contributed by atoms with Crippen molar-refractivity contribution in [3.63, 3.8) is 0 Å². The molecule has 2 N–H and O–H groups in total. The highest BCUT2D eigenvalue weighted by atomic mass is 16.3. The van der Waals surface area contributed by atoms with Gasteiger partial charge in [-0.3, -0.25) is 4.98 Å². The smallest absolute Gasteiger partial charge is 0.0682 e. The van der Waals surface area contributed by atoms with Crippen LogP contribution in [0.1, 0.15) is 11.1 Å². The highest BCUT2D eigenvalue weighted by Crippen LogP contribution is 2.26. The quantitative estimate of drug-likeness (QED) is 0.896. The molecule has 2 aromatic rings. The summed E-state index contributed by atoms with van der Waals surface area (Å²) in [4.78, 5) is 4.05. The molecule has 0 saturated carbocycles. The van der Waals surface area contributed by atoms with Crippen LogP contribution in [0.25, 0.3) is 16.7 Å². The van der Waals surface area contributed by atoms with Gasteiger partial charge in [0, 0.05) is 18.9 Å². The van der Waals surface area contributed by atoms with Crippen LogP contribution < -0.4 is 5.32 Å². The van der Waals surface area contributed by atoms with Crippen LogP contribution in [0.5, 0.6) is 0 Å². The van der Waals surface area contributed by atoms with Gasteiger partial charge in [0.25, 0.3) is 0 Å². The highest BCUT2D eigenvalue weighted by Gasteiger charge is 2.06. The zero-order valence-corrected chi connectivity index (χ0v) is 11.1. The fraction of sp³-hybridized carbons (Fsp3) is 0.118. The maximum absolute atomic E-state index is 9.47. The Balaban J connectivity index is 2.08. The minimum atomic E-state index is 0.0428. The second-order valence-electron chi connectivity index (χ2n) is 4.71. The van der Waals surface area contributed by atoms with Gasteiger partial charge in [-0.25, -0.2) is 0 Å². The van der Waals surface area contributed by atoms with Crippen LogP contribution in [0.15, 0.2) is 61.1 Å². The van der Waals surface area contributed by atoms with E-state index in [1.54, 1.807) is 12.4 Å². The Morgan fingerprint density at radius 1 is 1.05 bits per heavy atom. The van der Waals surface area contributed by atoms with Crippen LogP contribution in [0.4, 0.5) is 0 Å². The number of hydrogen-bond acceptors (Lipinski definition) is 3. The second kappa shape index (κ2) is 5.72. The average Bonchev–Trinajstić information content (AvgIpc) is 2.56. The summed E-state index contributed by atoms with van der Waals surface area (Å²) < 4.78 is 0. The molecule has 1 aliphatic rings. The van der Waals surface area contributed by atoms with Gasteiger partial charge in [0.05, 0.1) is 6.61 Å². The fourth-order valence-electron chi connectivity index (χ4n) is 2.33. The monoisotopic (exact) mass is 264 g/mol. The summed E-state index contributed by atoms with van der Waals surface area (Å²) in [6, 6.07) is 10.2. The van der Waals surface area contributed by atoms with Crippen LogP contribution in [-0.2, 0) is 6.61 Å². The largest absolute Gasteiger partial charge is 0.392 e. The molecule has 0 unspecified atom stereocenters. The number of hydrogen-bond donors (Lipinski definition) is 2. The Labute approximate surface area is 118 Å². The summed E-state index contributed by atoms with van der Waals surface area (Å²) in [5.41, 5.74) is 5.43. The first-order valence-corrected chi connectivity index (χ1v) is 6.62. The van der Waals surface area contributed by atoms with Crippen molar-refractivity contribution in [1.29, 1.82) is 0 Å². The minimum absolute atomic E-state index is 0.0428. The molecule has 0 spiro atoms. The first-order chi connectivity index (χ1) is 9.86. The predicted molar refractivity (Wildman–Crippen MR) is 80.7 cm³/mol. The molecular weight excluding hydrogens is 248 g/mol. The number of nitrogens with one attached hydrogen (secondary N) is 1. The van der Waals surface area contributed by atoms with E-state index in [1.807, 2.05) is 30.5 Å². The molecule has 3 nitrogen and oxygen atoms in total. The van der Waals surface area contributed by atoms with Crippen molar-refractivity contribution in [2.24, 2.45) is 0 Å². The van der Waals surface area contributed by atoms with E-state index in [0.29, 0.717) is 0 Å². The molecule has 1 aliphatic heterocycles. The third kappa shape index (κ3) is 2.63. The van der Waals surface area contributed by atoms with Crippen molar-refractivity contribution in [2.75, 3.05) is 6.54 Å². The summed E-state index contributed by atoms with van der Waals surface area (Å²) in [6.45, 7) is 0.876. The van der Waals surface area contributed by atoms with Gasteiger partial charge in [-0.1, -0.05) is 6.08 Å². The number of nitrogens with zero attached hydrogens (tertiary/aromatic N) is 1. The molecule has 0 radical (unpaired) electrons.